The van der Waals surface area contributed by atoms with E-state index in [0.29, 0.717) is 17.1 Å². The van der Waals surface area contributed by atoms with Crippen molar-refractivity contribution in [1.82, 2.24) is 0 Å². The molecule has 0 amide bonds. The first-order valence-corrected chi connectivity index (χ1v) is 7.16. The molecular weight excluding hydrogens is 312 g/mol. The standard InChI is InChI=1S/C18H18O6/c1-22-11-8-14(20)18(17(9-11)24-3)15(21)10-13(19)12-6-4-5-7-16(12)23-2/h4-9,20H,10H2,1-3H3. The Balaban J connectivity index is 2.31. The molecule has 0 spiro atoms. The maximum absolute atomic E-state index is 12.5. The molecule has 0 radical (unpaired) electrons. The summed E-state index contributed by atoms with van der Waals surface area (Å²) in [4.78, 5) is 24.9. The van der Waals surface area contributed by atoms with Crippen LogP contribution >= 0.6 is 0 Å². The molecule has 0 aliphatic heterocycles. The number of phenols is 1. The molecule has 0 aliphatic rings. The van der Waals surface area contributed by atoms with E-state index in [1.165, 1.54) is 33.5 Å². The molecule has 126 valence electrons. The van der Waals surface area contributed by atoms with Crippen LogP contribution in [0.4, 0.5) is 0 Å². The second-order valence-corrected chi connectivity index (χ2v) is 4.95. The highest BCUT2D eigenvalue weighted by Gasteiger charge is 2.23. The van der Waals surface area contributed by atoms with Gasteiger partial charge in [0.2, 0.25) is 0 Å². The zero-order chi connectivity index (χ0) is 17.7. The maximum atomic E-state index is 12.5. The van der Waals surface area contributed by atoms with Gasteiger partial charge in [-0.25, -0.2) is 0 Å². The van der Waals surface area contributed by atoms with Crippen molar-refractivity contribution < 1.29 is 28.9 Å². The van der Waals surface area contributed by atoms with Gasteiger partial charge in [0.1, 0.15) is 28.6 Å². The number of aromatic hydroxyl groups is 1. The van der Waals surface area contributed by atoms with Gasteiger partial charge in [0.25, 0.3) is 0 Å². The van der Waals surface area contributed by atoms with Gasteiger partial charge in [-0.2, -0.15) is 0 Å². The third kappa shape index (κ3) is 3.48. The van der Waals surface area contributed by atoms with E-state index in [0.717, 1.165) is 0 Å². The lowest BCUT2D eigenvalue weighted by Gasteiger charge is -2.12. The Labute approximate surface area is 139 Å². The van der Waals surface area contributed by atoms with Crippen molar-refractivity contribution in [3.05, 3.63) is 47.5 Å². The zero-order valence-electron chi connectivity index (χ0n) is 13.7. The van der Waals surface area contributed by atoms with Gasteiger partial charge in [0, 0.05) is 12.1 Å². The van der Waals surface area contributed by atoms with Gasteiger partial charge >= 0.3 is 0 Å². The molecule has 24 heavy (non-hydrogen) atoms. The Morgan fingerprint density at radius 2 is 1.58 bits per heavy atom. The average Bonchev–Trinajstić information content (AvgIpc) is 2.60. The molecule has 0 saturated carbocycles. The summed E-state index contributed by atoms with van der Waals surface area (Å²) in [5.74, 6) is -0.385. The lowest BCUT2D eigenvalue weighted by atomic mass is 9.99. The van der Waals surface area contributed by atoms with E-state index in [1.54, 1.807) is 24.3 Å². The topological polar surface area (TPSA) is 82.1 Å². The normalized spacial score (nSPS) is 10.1. The molecule has 0 fully saturated rings. The van der Waals surface area contributed by atoms with Gasteiger partial charge < -0.3 is 19.3 Å². The maximum Gasteiger partial charge on any atom is 0.178 e. The van der Waals surface area contributed by atoms with Crippen LogP contribution in [0.1, 0.15) is 27.1 Å². The monoisotopic (exact) mass is 330 g/mol. The summed E-state index contributed by atoms with van der Waals surface area (Å²) in [5.41, 5.74) is 0.252. The first-order valence-electron chi connectivity index (χ1n) is 7.16. The summed E-state index contributed by atoms with van der Waals surface area (Å²) in [6.45, 7) is 0. The fourth-order valence-corrected chi connectivity index (χ4v) is 2.34. The summed E-state index contributed by atoms with van der Waals surface area (Å²) in [7, 11) is 4.25. The van der Waals surface area contributed by atoms with E-state index in [-0.39, 0.29) is 17.1 Å². The molecular formula is C18H18O6. The van der Waals surface area contributed by atoms with E-state index >= 15 is 0 Å². The molecule has 0 heterocycles. The number of ketones is 2. The van der Waals surface area contributed by atoms with Crippen LogP contribution in [0.5, 0.6) is 23.0 Å². The second-order valence-electron chi connectivity index (χ2n) is 4.95. The number of phenolic OH excluding ortho intramolecular Hbond substituents is 1. The van der Waals surface area contributed by atoms with Crippen molar-refractivity contribution in [3.63, 3.8) is 0 Å². The highest BCUT2D eigenvalue weighted by molar-refractivity contribution is 6.16. The van der Waals surface area contributed by atoms with Crippen LogP contribution in [0.15, 0.2) is 36.4 Å². The Kier molecular flexibility index (Phi) is 5.42. The molecule has 6 heteroatoms. The fraction of sp³-hybridized carbons (Fsp3) is 0.222. The largest absolute Gasteiger partial charge is 0.507 e. The van der Waals surface area contributed by atoms with Gasteiger partial charge in [-0.15, -0.1) is 0 Å². The first kappa shape index (κ1) is 17.3. The van der Waals surface area contributed by atoms with Crippen LogP contribution in [-0.2, 0) is 0 Å². The number of hydrogen-bond donors (Lipinski definition) is 1. The summed E-state index contributed by atoms with van der Waals surface area (Å²) in [6.07, 6.45) is -0.420. The number of carbonyl (C=O) groups is 2. The van der Waals surface area contributed by atoms with Crippen LogP contribution in [0.25, 0.3) is 0 Å². The Morgan fingerprint density at radius 3 is 2.21 bits per heavy atom. The van der Waals surface area contributed by atoms with Crippen molar-refractivity contribution in [2.75, 3.05) is 21.3 Å². The molecule has 0 atom stereocenters. The number of hydrogen-bond acceptors (Lipinski definition) is 6. The summed E-state index contributed by atoms with van der Waals surface area (Å²) >= 11 is 0. The Morgan fingerprint density at radius 1 is 0.917 bits per heavy atom. The highest BCUT2D eigenvalue weighted by atomic mass is 16.5. The number of rotatable bonds is 7. The van der Waals surface area contributed by atoms with Crippen molar-refractivity contribution in [2.45, 2.75) is 6.42 Å². The molecule has 2 aromatic rings. The summed E-state index contributed by atoms with van der Waals surface area (Å²) < 4.78 is 15.3. The predicted molar refractivity (Wildman–Crippen MR) is 87.5 cm³/mol. The molecule has 2 rings (SSSR count). The number of Topliss-reactive ketones (excluding diaryl/α,β-unsaturated/α-hetero) is 2. The number of para-hydroxylation sites is 1. The van der Waals surface area contributed by atoms with Gasteiger partial charge in [-0.1, -0.05) is 12.1 Å². The van der Waals surface area contributed by atoms with Crippen molar-refractivity contribution >= 4 is 11.6 Å². The van der Waals surface area contributed by atoms with E-state index in [1.807, 2.05) is 0 Å². The average molecular weight is 330 g/mol. The number of methoxy groups -OCH3 is 3. The molecule has 0 bridgehead atoms. The number of ether oxygens (including phenoxy) is 3. The van der Waals surface area contributed by atoms with Crippen molar-refractivity contribution in [3.8, 4) is 23.0 Å². The minimum absolute atomic E-state index is 0.0541. The summed E-state index contributed by atoms with van der Waals surface area (Å²) in [6, 6.07) is 9.41. The Hall–Kier alpha value is -3.02. The van der Waals surface area contributed by atoms with Crippen molar-refractivity contribution in [1.29, 1.82) is 0 Å². The minimum atomic E-state index is -0.553. The molecule has 1 N–H and O–H groups in total. The van der Waals surface area contributed by atoms with Crippen molar-refractivity contribution in [2.24, 2.45) is 0 Å². The zero-order valence-corrected chi connectivity index (χ0v) is 13.7. The molecule has 6 nitrogen and oxygen atoms in total. The first-order chi connectivity index (χ1) is 11.5. The molecule has 0 aliphatic carbocycles. The second kappa shape index (κ2) is 7.50. The third-order valence-electron chi connectivity index (χ3n) is 3.52. The fourth-order valence-electron chi connectivity index (χ4n) is 2.34. The quantitative estimate of drug-likeness (QED) is 0.621. The lowest BCUT2D eigenvalue weighted by molar-refractivity contribution is 0.0890. The molecule has 0 unspecified atom stereocenters. The van der Waals surface area contributed by atoms with E-state index < -0.39 is 18.0 Å². The Bertz CT molecular complexity index is 766. The third-order valence-corrected chi connectivity index (χ3v) is 3.52. The summed E-state index contributed by atoms with van der Waals surface area (Å²) in [5, 5.41) is 10.1. The van der Waals surface area contributed by atoms with Crippen LogP contribution in [-0.4, -0.2) is 38.0 Å². The lowest BCUT2D eigenvalue weighted by Crippen LogP contribution is -2.11. The number of benzene rings is 2. The van der Waals surface area contributed by atoms with Crippen LogP contribution in [0.3, 0.4) is 0 Å². The van der Waals surface area contributed by atoms with E-state index in [2.05, 4.69) is 0 Å². The smallest absolute Gasteiger partial charge is 0.178 e. The van der Waals surface area contributed by atoms with Gasteiger partial charge in [-0.3, -0.25) is 9.59 Å². The van der Waals surface area contributed by atoms with Gasteiger partial charge in [-0.05, 0) is 12.1 Å². The van der Waals surface area contributed by atoms with Crippen LogP contribution in [0, 0.1) is 0 Å². The van der Waals surface area contributed by atoms with Gasteiger partial charge in [0.15, 0.2) is 11.6 Å². The molecule has 2 aromatic carbocycles. The van der Waals surface area contributed by atoms with Crippen LogP contribution in [0.2, 0.25) is 0 Å². The molecule has 0 saturated heterocycles. The number of carbonyl (C=O) groups excluding carboxylic acids is 2. The minimum Gasteiger partial charge on any atom is -0.507 e. The van der Waals surface area contributed by atoms with E-state index in [4.69, 9.17) is 14.2 Å². The van der Waals surface area contributed by atoms with Crippen LogP contribution < -0.4 is 14.2 Å². The van der Waals surface area contributed by atoms with Gasteiger partial charge in [0.05, 0.1) is 33.3 Å². The molecule has 0 aromatic heterocycles. The SMILES string of the molecule is COc1cc(O)c(C(=O)CC(=O)c2ccccc2OC)c(OC)c1. The predicted octanol–water partition coefficient (Wildman–Crippen LogP) is 2.87. The van der Waals surface area contributed by atoms with E-state index in [9.17, 15) is 14.7 Å². The highest BCUT2D eigenvalue weighted by Crippen LogP contribution is 2.34.